The molecule has 1 fully saturated rings. The number of nitro groups is 1. The average molecular weight is 316 g/mol. The van der Waals surface area contributed by atoms with Gasteiger partial charge in [-0.1, -0.05) is 0 Å². The maximum absolute atomic E-state index is 11.7. The first kappa shape index (κ1) is 14.9. The third-order valence-electron chi connectivity index (χ3n) is 3.62. The number of benzene rings is 1. The van der Waals surface area contributed by atoms with Gasteiger partial charge in [0.2, 0.25) is 11.9 Å². The number of anilines is 3. The van der Waals surface area contributed by atoms with Crippen molar-refractivity contribution in [3.05, 3.63) is 44.9 Å². The van der Waals surface area contributed by atoms with Crippen molar-refractivity contribution in [3.63, 3.8) is 0 Å². The Balaban J connectivity index is 1.80. The van der Waals surface area contributed by atoms with Crippen LogP contribution < -0.4 is 15.9 Å². The Hall–Kier alpha value is -2.97. The highest BCUT2D eigenvalue weighted by Gasteiger charge is 2.15. The standard InChI is InChI=1S/C14H16N6O3/c21-14-17-12(15-10-4-6-11(7-5-10)20(22)23)16-13(18-14)19-8-2-1-3-9-19/h4-7H,1-3,8-9H2,(H2,15,16,17,18,21). The zero-order valence-corrected chi connectivity index (χ0v) is 12.4. The van der Waals surface area contributed by atoms with E-state index >= 15 is 0 Å². The molecule has 23 heavy (non-hydrogen) atoms. The minimum absolute atomic E-state index is 0.000682. The molecule has 0 radical (unpaired) electrons. The van der Waals surface area contributed by atoms with Gasteiger partial charge in [0.05, 0.1) is 4.92 Å². The highest BCUT2D eigenvalue weighted by atomic mass is 16.6. The Morgan fingerprint density at radius 3 is 2.48 bits per heavy atom. The molecule has 120 valence electrons. The molecule has 0 unspecified atom stereocenters. The van der Waals surface area contributed by atoms with Crippen LogP contribution in [0.25, 0.3) is 0 Å². The van der Waals surface area contributed by atoms with E-state index in [1.807, 2.05) is 4.90 Å². The Kier molecular flexibility index (Phi) is 4.18. The number of non-ortho nitro benzene ring substituents is 1. The molecule has 0 saturated carbocycles. The zero-order valence-electron chi connectivity index (χ0n) is 12.4. The van der Waals surface area contributed by atoms with Crippen molar-refractivity contribution in [3.8, 4) is 0 Å². The highest BCUT2D eigenvalue weighted by molar-refractivity contribution is 5.56. The summed E-state index contributed by atoms with van der Waals surface area (Å²) in [5.41, 5.74) is 0.111. The molecule has 1 aromatic carbocycles. The Labute approximate surface area is 131 Å². The topological polar surface area (TPSA) is 117 Å². The molecule has 0 spiro atoms. The van der Waals surface area contributed by atoms with Gasteiger partial charge in [0.25, 0.3) is 5.69 Å². The van der Waals surface area contributed by atoms with Gasteiger partial charge in [-0.25, -0.2) is 4.79 Å². The lowest BCUT2D eigenvalue weighted by molar-refractivity contribution is -0.384. The molecule has 0 bridgehead atoms. The summed E-state index contributed by atoms with van der Waals surface area (Å²) in [5, 5.41) is 13.6. The summed E-state index contributed by atoms with van der Waals surface area (Å²) >= 11 is 0. The van der Waals surface area contributed by atoms with Gasteiger partial charge in [0.15, 0.2) is 0 Å². The van der Waals surface area contributed by atoms with Crippen molar-refractivity contribution in [2.45, 2.75) is 19.3 Å². The molecule has 9 nitrogen and oxygen atoms in total. The lowest BCUT2D eigenvalue weighted by atomic mass is 10.1. The number of hydrogen-bond acceptors (Lipinski definition) is 7. The maximum atomic E-state index is 11.7. The van der Waals surface area contributed by atoms with Crippen molar-refractivity contribution in [1.82, 2.24) is 15.0 Å². The number of piperidine rings is 1. The summed E-state index contributed by atoms with van der Waals surface area (Å²) in [6.45, 7) is 1.67. The second-order valence-corrected chi connectivity index (χ2v) is 5.28. The molecule has 1 aromatic heterocycles. The van der Waals surface area contributed by atoms with Crippen molar-refractivity contribution >= 4 is 23.3 Å². The van der Waals surface area contributed by atoms with E-state index in [9.17, 15) is 14.9 Å². The summed E-state index contributed by atoms with van der Waals surface area (Å²) in [6.07, 6.45) is 3.29. The fourth-order valence-electron chi connectivity index (χ4n) is 2.47. The van der Waals surface area contributed by atoms with Crippen LogP contribution in [0.3, 0.4) is 0 Å². The number of aromatic nitrogens is 3. The number of hydrogen-bond donors (Lipinski definition) is 2. The quantitative estimate of drug-likeness (QED) is 0.652. The van der Waals surface area contributed by atoms with Crippen LogP contribution in [0.2, 0.25) is 0 Å². The summed E-state index contributed by atoms with van der Waals surface area (Å²) in [4.78, 5) is 34.6. The molecular weight excluding hydrogens is 300 g/mol. The van der Waals surface area contributed by atoms with Crippen molar-refractivity contribution in [2.24, 2.45) is 0 Å². The van der Waals surface area contributed by atoms with E-state index in [1.165, 1.54) is 18.6 Å². The smallest absolute Gasteiger partial charge is 0.341 e. The van der Waals surface area contributed by atoms with Gasteiger partial charge in [0.1, 0.15) is 0 Å². The molecule has 2 heterocycles. The normalized spacial score (nSPS) is 14.5. The van der Waals surface area contributed by atoms with E-state index in [2.05, 4.69) is 20.3 Å². The molecular formula is C14H16N6O3. The molecule has 1 aliphatic heterocycles. The number of H-pyrrole nitrogens is 1. The lowest BCUT2D eigenvalue weighted by Crippen LogP contribution is -2.33. The SMILES string of the molecule is O=c1nc(N2CCCCC2)nc(Nc2ccc([N+](=O)[O-])cc2)[nH]1. The average Bonchev–Trinajstić information content (AvgIpc) is 2.55. The van der Waals surface area contributed by atoms with Crippen LogP contribution in [0.1, 0.15) is 19.3 Å². The van der Waals surface area contributed by atoms with Crippen LogP contribution in [0, 0.1) is 10.1 Å². The second kappa shape index (κ2) is 6.42. The Bertz CT molecular complexity index is 752. The molecule has 2 aromatic rings. The first-order valence-corrected chi connectivity index (χ1v) is 7.36. The van der Waals surface area contributed by atoms with Gasteiger partial charge in [-0.15, -0.1) is 0 Å². The molecule has 1 saturated heterocycles. The third kappa shape index (κ3) is 3.62. The molecule has 9 heteroatoms. The van der Waals surface area contributed by atoms with Gasteiger partial charge in [-0.05, 0) is 31.4 Å². The van der Waals surface area contributed by atoms with Crippen molar-refractivity contribution in [1.29, 1.82) is 0 Å². The number of aromatic amines is 1. The molecule has 1 aliphatic rings. The van der Waals surface area contributed by atoms with E-state index in [4.69, 9.17) is 0 Å². The minimum atomic E-state index is -0.481. The Morgan fingerprint density at radius 1 is 1.13 bits per heavy atom. The minimum Gasteiger partial charge on any atom is -0.341 e. The van der Waals surface area contributed by atoms with Gasteiger partial charge < -0.3 is 10.2 Å². The summed E-state index contributed by atoms with van der Waals surface area (Å²) in [5.74, 6) is 0.664. The summed E-state index contributed by atoms with van der Waals surface area (Å²) in [6, 6.07) is 5.87. The lowest BCUT2D eigenvalue weighted by Gasteiger charge is -2.26. The molecule has 0 amide bonds. The first-order valence-electron chi connectivity index (χ1n) is 7.36. The van der Waals surface area contributed by atoms with Crippen LogP contribution in [-0.4, -0.2) is 33.0 Å². The molecule has 2 N–H and O–H groups in total. The molecule has 0 atom stereocenters. The highest BCUT2D eigenvalue weighted by Crippen LogP contribution is 2.19. The monoisotopic (exact) mass is 316 g/mol. The van der Waals surface area contributed by atoms with Gasteiger partial charge >= 0.3 is 5.69 Å². The molecule has 0 aliphatic carbocycles. The maximum Gasteiger partial charge on any atom is 0.351 e. The first-order chi connectivity index (χ1) is 11.1. The van der Waals surface area contributed by atoms with Gasteiger partial charge in [-0.3, -0.25) is 15.1 Å². The fourth-order valence-corrected chi connectivity index (χ4v) is 2.47. The Morgan fingerprint density at radius 2 is 1.83 bits per heavy atom. The van der Waals surface area contributed by atoms with Gasteiger partial charge in [-0.2, -0.15) is 9.97 Å². The van der Waals surface area contributed by atoms with Crippen LogP contribution in [0.15, 0.2) is 29.1 Å². The summed E-state index contributed by atoms with van der Waals surface area (Å²) in [7, 11) is 0. The second-order valence-electron chi connectivity index (χ2n) is 5.28. The number of rotatable bonds is 4. The zero-order chi connectivity index (χ0) is 16.2. The van der Waals surface area contributed by atoms with Gasteiger partial charge in [0, 0.05) is 30.9 Å². The van der Waals surface area contributed by atoms with Crippen LogP contribution in [-0.2, 0) is 0 Å². The third-order valence-corrected chi connectivity index (χ3v) is 3.62. The number of nitrogens with one attached hydrogen (secondary N) is 2. The predicted octanol–water partition coefficient (Wildman–Crippen LogP) is 1.81. The predicted molar refractivity (Wildman–Crippen MR) is 85.1 cm³/mol. The van der Waals surface area contributed by atoms with Crippen LogP contribution in [0.4, 0.5) is 23.3 Å². The van der Waals surface area contributed by atoms with Crippen molar-refractivity contribution in [2.75, 3.05) is 23.3 Å². The van der Waals surface area contributed by atoms with E-state index in [0.717, 1.165) is 25.9 Å². The van der Waals surface area contributed by atoms with E-state index in [0.29, 0.717) is 11.6 Å². The molecule has 3 rings (SSSR count). The van der Waals surface area contributed by atoms with E-state index < -0.39 is 10.6 Å². The van der Waals surface area contributed by atoms with Crippen LogP contribution in [0.5, 0.6) is 0 Å². The number of nitro benzene ring substituents is 1. The summed E-state index contributed by atoms with van der Waals surface area (Å²) < 4.78 is 0. The van der Waals surface area contributed by atoms with E-state index in [1.54, 1.807) is 12.1 Å². The van der Waals surface area contributed by atoms with Crippen LogP contribution >= 0.6 is 0 Å². The van der Waals surface area contributed by atoms with E-state index in [-0.39, 0.29) is 11.6 Å². The van der Waals surface area contributed by atoms with Crippen molar-refractivity contribution < 1.29 is 4.92 Å². The number of nitrogens with zero attached hydrogens (tertiary/aromatic N) is 4. The fraction of sp³-hybridized carbons (Fsp3) is 0.357. The largest absolute Gasteiger partial charge is 0.351 e.